The number of nitrogens with one attached hydrogen (secondary N) is 2. The van der Waals surface area contributed by atoms with Crippen LogP contribution in [0.15, 0.2) is 77.9 Å². The van der Waals surface area contributed by atoms with Crippen LogP contribution >= 0.6 is 0 Å². The summed E-state index contributed by atoms with van der Waals surface area (Å²) < 4.78 is 1.76. The number of amides is 1. The predicted molar refractivity (Wildman–Crippen MR) is 104 cm³/mol. The van der Waals surface area contributed by atoms with E-state index in [1.165, 1.54) is 6.07 Å². The fourth-order valence-corrected chi connectivity index (χ4v) is 3.22. The summed E-state index contributed by atoms with van der Waals surface area (Å²) in [5.41, 5.74) is 2.52. The Morgan fingerprint density at radius 1 is 1.11 bits per heavy atom. The molecule has 1 atom stereocenters. The number of para-hydroxylation sites is 2. The maximum absolute atomic E-state index is 12.9. The molecule has 4 rings (SSSR count). The predicted octanol–water partition coefficient (Wildman–Crippen LogP) is 3.20. The second kappa shape index (κ2) is 6.92. The van der Waals surface area contributed by atoms with E-state index in [-0.39, 0.29) is 17.5 Å². The van der Waals surface area contributed by atoms with Gasteiger partial charge in [0.05, 0.1) is 17.3 Å². The molecular formula is C21H18N4O2. The molecule has 0 aliphatic carbocycles. The Kier molecular flexibility index (Phi) is 4.30. The first kappa shape index (κ1) is 16.8. The van der Waals surface area contributed by atoms with Crippen LogP contribution in [0.5, 0.6) is 0 Å². The minimum absolute atomic E-state index is 0.268. The van der Waals surface area contributed by atoms with E-state index in [2.05, 4.69) is 15.4 Å². The molecule has 27 heavy (non-hydrogen) atoms. The van der Waals surface area contributed by atoms with Crippen molar-refractivity contribution in [2.24, 2.45) is 0 Å². The zero-order valence-electron chi connectivity index (χ0n) is 14.7. The molecule has 6 nitrogen and oxygen atoms in total. The Morgan fingerprint density at radius 3 is 2.70 bits per heavy atom. The average molecular weight is 358 g/mol. The standard InChI is InChI=1S/C21H18N4O2/c1-14(15-7-3-5-10-19(15)25-12-6-11-22-25)23-21(27)17-13-20(26)24-18-9-4-2-8-16(17)18/h2-14H,1H3,(H,23,27)(H,24,26). The summed E-state index contributed by atoms with van der Waals surface area (Å²) in [6.45, 7) is 1.91. The minimum Gasteiger partial charge on any atom is -0.345 e. The number of hydrogen-bond acceptors (Lipinski definition) is 3. The summed E-state index contributed by atoms with van der Waals surface area (Å²) in [5, 5.41) is 7.99. The molecule has 0 saturated heterocycles. The lowest BCUT2D eigenvalue weighted by atomic mass is 10.0. The van der Waals surface area contributed by atoms with E-state index in [1.54, 1.807) is 16.9 Å². The second-order valence-corrected chi connectivity index (χ2v) is 6.30. The molecule has 6 heteroatoms. The molecule has 0 fully saturated rings. The normalized spacial score (nSPS) is 12.0. The molecule has 0 saturated carbocycles. The lowest BCUT2D eigenvalue weighted by Gasteiger charge is -2.18. The summed E-state index contributed by atoms with van der Waals surface area (Å²) in [4.78, 5) is 27.6. The van der Waals surface area contributed by atoms with Gasteiger partial charge in [-0.1, -0.05) is 36.4 Å². The third-order valence-corrected chi connectivity index (χ3v) is 4.50. The van der Waals surface area contributed by atoms with E-state index < -0.39 is 0 Å². The highest BCUT2D eigenvalue weighted by Gasteiger charge is 2.17. The van der Waals surface area contributed by atoms with Crippen molar-refractivity contribution in [3.05, 3.63) is 94.5 Å². The number of rotatable bonds is 4. The highest BCUT2D eigenvalue weighted by atomic mass is 16.2. The van der Waals surface area contributed by atoms with Crippen LogP contribution in [0.1, 0.15) is 28.9 Å². The second-order valence-electron chi connectivity index (χ2n) is 6.30. The molecule has 4 aromatic rings. The van der Waals surface area contributed by atoms with Crippen molar-refractivity contribution in [1.82, 2.24) is 20.1 Å². The number of carbonyl (C=O) groups excluding carboxylic acids is 1. The van der Waals surface area contributed by atoms with E-state index in [0.29, 0.717) is 16.5 Å². The number of fused-ring (bicyclic) bond motifs is 1. The Labute approximate surface area is 155 Å². The summed E-state index contributed by atoms with van der Waals surface area (Å²) in [5.74, 6) is -0.292. The lowest BCUT2D eigenvalue weighted by Crippen LogP contribution is -2.28. The number of pyridine rings is 1. The van der Waals surface area contributed by atoms with Crippen LogP contribution in [0.25, 0.3) is 16.6 Å². The van der Waals surface area contributed by atoms with E-state index in [9.17, 15) is 9.59 Å². The first-order valence-electron chi connectivity index (χ1n) is 8.65. The molecule has 0 bridgehead atoms. The van der Waals surface area contributed by atoms with Crippen LogP contribution in [0.2, 0.25) is 0 Å². The molecule has 2 heterocycles. The topological polar surface area (TPSA) is 79.8 Å². The van der Waals surface area contributed by atoms with Crippen LogP contribution in [0.4, 0.5) is 0 Å². The van der Waals surface area contributed by atoms with Gasteiger partial charge in [-0.05, 0) is 30.7 Å². The summed E-state index contributed by atoms with van der Waals surface area (Å²) in [7, 11) is 0. The lowest BCUT2D eigenvalue weighted by molar-refractivity contribution is 0.0941. The fourth-order valence-electron chi connectivity index (χ4n) is 3.22. The summed E-state index contributed by atoms with van der Waals surface area (Å²) in [6, 6.07) is 17.9. The largest absolute Gasteiger partial charge is 0.345 e. The van der Waals surface area contributed by atoms with E-state index >= 15 is 0 Å². The van der Waals surface area contributed by atoms with Gasteiger partial charge in [-0.15, -0.1) is 0 Å². The number of hydrogen-bond donors (Lipinski definition) is 2. The molecule has 1 amide bonds. The number of aromatic amines is 1. The quantitative estimate of drug-likeness (QED) is 0.588. The van der Waals surface area contributed by atoms with Gasteiger partial charge >= 0.3 is 0 Å². The van der Waals surface area contributed by atoms with Gasteiger partial charge in [0.25, 0.3) is 5.91 Å². The van der Waals surface area contributed by atoms with Gasteiger partial charge < -0.3 is 10.3 Å². The molecule has 2 N–H and O–H groups in total. The van der Waals surface area contributed by atoms with Crippen molar-refractivity contribution in [2.45, 2.75) is 13.0 Å². The van der Waals surface area contributed by atoms with Crippen LogP contribution in [-0.2, 0) is 0 Å². The van der Waals surface area contributed by atoms with Crippen molar-refractivity contribution in [2.75, 3.05) is 0 Å². The van der Waals surface area contributed by atoms with E-state index in [0.717, 1.165) is 11.3 Å². The van der Waals surface area contributed by atoms with Crippen LogP contribution in [0.3, 0.4) is 0 Å². The molecule has 0 aliphatic heterocycles. The summed E-state index contributed by atoms with van der Waals surface area (Å²) >= 11 is 0. The SMILES string of the molecule is CC(NC(=O)c1cc(=O)[nH]c2ccccc12)c1ccccc1-n1cccn1. The Bertz CT molecular complexity index is 1160. The van der Waals surface area contributed by atoms with Crippen molar-refractivity contribution >= 4 is 16.8 Å². The van der Waals surface area contributed by atoms with Crippen LogP contribution < -0.4 is 10.9 Å². The molecule has 1 unspecified atom stereocenters. The first-order chi connectivity index (χ1) is 13.1. The molecule has 0 radical (unpaired) electrons. The van der Waals surface area contributed by atoms with Gasteiger partial charge in [0.1, 0.15) is 0 Å². The van der Waals surface area contributed by atoms with Gasteiger partial charge in [-0.25, -0.2) is 4.68 Å². The van der Waals surface area contributed by atoms with Crippen molar-refractivity contribution in [1.29, 1.82) is 0 Å². The fraction of sp³-hybridized carbons (Fsp3) is 0.0952. The minimum atomic E-state index is -0.302. The number of aromatic nitrogens is 3. The molecule has 2 aromatic carbocycles. The first-order valence-corrected chi connectivity index (χ1v) is 8.65. The zero-order chi connectivity index (χ0) is 18.8. The number of carbonyl (C=O) groups is 1. The third-order valence-electron chi connectivity index (χ3n) is 4.50. The Morgan fingerprint density at radius 2 is 1.89 bits per heavy atom. The smallest absolute Gasteiger partial charge is 0.252 e. The molecule has 0 aliphatic rings. The van der Waals surface area contributed by atoms with Gasteiger partial charge in [0.2, 0.25) is 5.56 Å². The molecule has 2 aromatic heterocycles. The van der Waals surface area contributed by atoms with Crippen molar-refractivity contribution in [3.8, 4) is 5.69 Å². The Balaban J connectivity index is 1.68. The monoisotopic (exact) mass is 358 g/mol. The van der Waals surface area contributed by atoms with Gasteiger partial charge in [-0.3, -0.25) is 9.59 Å². The average Bonchev–Trinajstić information content (AvgIpc) is 3.22. The maximum atomic E-state index is 12.9. The van der Waals surface area contributed by atoms with Crippen LogP contribution in [0, 0.1) is 0 Å². The zero-order valence-corrected chi connectivity index (χ0v) is 14.7. The number of H-pyrrole nitrogens is 1. The van der Waals surface area contributed by atoms with Crippen LogP contribution in [-0.4, -0.2) is 20.7 Å². The molecule has 134 valence electrons. The van der Waals surface area contributed by atoms with Crippen molar-refractivity contribution < 1.29 is 4.79 Å². The maximum Gasteiger partial charge on any atom is 0.252 e. The van der Waals surface area contributed by atoms with Gasteiger partial charge in [0, 0.05) is 29.4 Å². The highest BCUT2D eigenvalue weighted by Crippen LogP contribution is 2.22. The molecule has 0 spiro atoms. The highest BCUT2D eigenvalue weighted by molar-refractivity contribution is 6.06. The van der Waals surface area contributed by atoms with Gasteiger partial charge in [-0.2, -0.15) is 5.10 Å². The number of nitrogens with zero attached hydrogens (tertiary/aromatic N) is 2. The third kappa shape index (κ3) is 3.25. The van der Waals surface area contributed by atoms with Crippen molar-refractivity contribution in [3.63, 3.8) is 0 Å². The van der Waals surface area contributed by atoms with E-state index in [1.807, 2.05) is 61.7 Å². The Hall–Kier alpha value is -3.67. The van der Waals surface area contributed by atoms with E-state index in [4.69, 9.17) is 0 Å². The number of benzene rings is 2. The molecular weight excluding hydrogens is 340 g/mol. The van der Waals surface area contributed by atoms with Gasteiger partial charge in [0.15, 0.2) is 0 Å². The summed E-state index contributed by atoms with van der Waals surface area (Å²) in [6.07, 6.45) is 3.57.